The molecule has 0 aliphatic carbocycles. The Kier molecular flexibility index (Phi) is 4.12. The second-order valence-corrected chi connectivity index (χ2v) is 5.20. The van der Waals surface area contributed by atoms with Crippen molar-refractivity contribution in [1.82, 2.24) is 5.32 Å². The van der Waals surface area contributed by atoms with Crippen LogP contribution in [0.4, 0.5) is 4.79 Å². The fourth-order valence-electron chi connectivity index (χ4n) is 2.09. The Morgan fingerprint density at radius 2 is 2.11 bits per heavy atom. The van der Waals surface area contributed by atoms with Crippen molar-refractivity contribution in [3.05, 3.63) is 29.3 Å². The highest BCUT2D eigenvalue weighted by atomic mass is 35.5. The molecule has 5 heteroatoms. The van der Waals surface area contributed by atoms with E-state index in [1.165, 1.54) is 0 Å². The minimum atomic E-state index is -0.435. The van der Waals surface area contributed by atoms with Crippen molar-refractivity contribution in [2.45, 2.75) is 26.8 Å². The molecule has 1 aliphatic rings. The number of hydrogen-bond donors (Lipinski definition) is 2. The molecule has 0 saturated carbocycles. The zero-order valence-corrected chi connectivity index (χ0v) is 11.5. The van der Waals surface area contributed by atoms with Gasteiger partial charge < -0.3 is 15.2 Å². The quantitative estimate of drug-likeness (QED) is 0.826. The van der Waals surface area contributed by atoms with Gasteiger partial charge in [0.1, 0.15) is 12.4 Å². The highest BCUT2D eigenvalue weighted by molar-refractivity contribution is 5.85. The maximum absolute atomic E-state index is 11.3. The molecule has 0 radical (unpaired) electrons. The van der Waals surface area contributed by atoms with E-state index < -0.39 is 6.09 Å². The molecule has 1 atom stereocenters. The number of phenolic OH excluding ortho intramolecular Hbond substituents is 1. The number of aromatic hydroxyl groups is 1. The van der Waals surface area contributed by atoms with Crippen molar-refractivity contribution in [3.63, 3.8) is 0 Å². The first-order valence-corrected chi connectivity index (χ1v) is 5.63. The molecule has 0 spiro atoms. The van der Waals surface area contributed by atoms with Gasteiger partial charge in [-0.05, 0) is 13.0 Å². The van der Waals surface area contributed by atoms with Gasteiger partial charge in [0.05, 0.1) is 6.04 Å². The number of aryl methyl sites for hydroxylation is 1. The molecule has 1 fully saturated rings. The maximum Gasteiger partial charge on any atom is 0.407 e. The van der Waals surface area contributed by atoms with Gasteiger partial charge in [-0.2, -0.15) is 0 Å². The smallest absolute Gasteiger partial charge is 0.407 e. The third-order valence-electron chi connectivity index (χ3n) is 3.11. The highest BCUT2D eigenvalue weighted by Gasteiger charge is 2.39. The molecule has 0 aromatic heterocycles. The predicted octanol–water partition coefficient (Wildman–Crippen LogP) is 2.93. The summed E-state index contributed by atoms with van der Waals surface area (Å²) in [4.78, 5) is 11.3. The third-order valence-corrected chi connectivity index (χ3v) is 3.11. The Bertz CT molecular complexity index is 460. The van der Waals surface area contributed by atoms with Crippen LogP contribution in [0.1, 0.15) is 31.0 Å². The van der Waals surface area contributed by atoms with Crippen LogP contribution in [0.5, 0.6) is 5.75 Å². The lowest BCUT2D eigenvalue weighted by molar-refractivity contribution is 0.0381. The van der Waals surface area contributed by atoms with E-state index in [0.717, 1.165) is 11.1 Å². The first kappa shape index (κ1) is 14.6. The minimum Gasteiger partial charge on any atom is -0.508 e. The lowest BCUT2D eigenvalue weighted by atomic mass is 9.80. The van der Waals surface area contributed by atoms with E-state index in [0.29, 0.717) is 6.61 Å². The molecule has 1 saturated heterocycles. The Hall–Kier alpha value is -1.42. The summed E-state index contributed by atoms with van der Waals surface area (Å²) in [6.45, 7) is 6.30. The number of phenols is 1. The van der Waals surface area contributed by atoms with Gasteiger partial charge in [0.15, 0.2) is 0 Å². The molecule has 1 aromatic carbocycles. The number of rotatable bonds is 1. The van der Waals surface area contributed by atoms with Crippen molar-refractivity contribution in [3.8, 4) is 5.75 Å². The highest BCUT2D eigenvalue weighted by Crippen LogP contribution is 2.40. The van der Waals surface area contributed by atoms with Crippen LogP contribution in [0, 0.1) is 12.3 Å². The SMILES string of the molecule is Cc1ccc(O)c([C@@H]2NC(=O)OCC2(C)C)c1.Cl. The summed E-state index contributed by atoms with van der Waals surface area (Å²) >= 11 is 0. The van der Waals surface area contributed by atoms with Crippen LogP contribution < -0.4 is 5.32 Å². The normalized spacial score (nSPS) is 21.5. The molecule has 1 aromatic rings. The van der Waals surface area contributed by atoms with Gasteiger partial charge in [-0.3, -0.25) is 0 Å². The fourth-order valence-corrected chi connectivity index (χ4v) is 2.09. The van der Waals surface area contributed by atoms with Gasteiger partial charge in [-0.25, -0.2) is 4.79 Å². The predicted molar refractivity (Wildman–Crippen MR) is 71.1 cm³/mol. The van der Waals surface area contributed by atoms with Crippen LogP contribution in [0.15, 0.2) is 18.2 Å². The van der Waals surface area contributed by atoms with Crippen LogP contribution in [0.25, 0.3) is 0 Å². The van der Waals surface area contributed by atoms with E-state index in [2.05, 4.69) is 5.32 Å². The topological polar surface area (TPSA) is 58.6 Å². The van der Waals surface area contributed by atoms with E-state index in [4.69, 9.17) is 4.74 Å². The van der Waals surface area contributed by atoms with Gasteiger partial charge in [0.2, 0.25) is 0 Å². The van der Waals surface area contributed by atoms with E-state index in [1.54, 1.807) is 6.07 Å². The number of carbonyl (C=O) groups excluding carboxylic acids is 1. The van der Waals surface area contributed by atoms with Gasteiger partial charge in [-0.15, -0.1) is 12.4 Å². The average Bonchev–Trinajstić information content (AvgIpc) is 2.26. The summed E-state index contributed by atoms with van der Waals surface area (Å²) in [5, 5.41) is 12.7. The van der Waals surface area contributed by atoms with Crippen LogP contribution in [0.3, 0.4) is 0 Å². The van der Waals surface area contributed by atoms with E-state index in [1.807, 2.05) is 32.9 Å². The van der Waals surface area contributed by atoms with Crippen molar-refractivity contribution in [2.75, 3.05) is 6.61 Å². The molecule has 1 heterocycles. The van der Waals surface area contributed by atoms with Gasteiger partial charge in [-0.1, -0.05) is 31.5 Å². The maximum atomic E-state index is 11.3. The van der Waals surface area contributed by atoms with Crippen molar-refractivity contribution in [1.29, 1.82) is 0 Å². The number of carbonyl (C=O) groups is 1. The van der Waals surface area contributed by atoms with Gasteiger partial charge >= 0.3 is 6.09 Å². The minimum absolute atomic E-state index is 0. The molecular formula is C13H18ClNO3. The molecule has 0 bridgehead atoms. The zero-order valence-electron chi connectivity index (χ0n) is 10.7. The number of ether oxygens (including phenoxy) is 1. The Labute approximate surface area is 113 Å². The summed E-state index contributed by atoms with van der Waals surface area (Å²) < 4.78 is 4.98. The standard InChI is InChI=1S/C13H17NO3.ClH/c1-8-4-5-10(15)9(6-8)11-13(2,3)7-17-12(16)14-11;/h4-6,11,15H,7H2,1-3H3,(H,14,16);1H/t11-;/m0./s1. The molecule has 1 amide bonds. The monoisotopic (exact) mass is 271 g/mol. The average molecular weight is 272 g/mol. The summed E-state index contributed by atoms with van der Waals surface area (Å²) in [7, 11) is 0. The fraction of sp³-hybridized carbons (Fsp3) is 0.462. The summed E-state index contributed by atoms with van der Waals surface area (Å²) in [6, 6.07) is 5.16. The molecule has 4 nitrogen and oxygen atoms in total. The third kappa shape index (κ3) is 2.70. The van der Waals surface area contributed by atoms with Crippen molar-refractivity contribution >= 4 is 18.5 Å². The molecule has 18 heavy (non-hydrogen) atoms. The Morgan fingerprint density at radius 1 is 1.44 bits per heavy atom. The molecule has 1 aliphatic heterocycles. The Balaban J connectivity index is 0.00000162. The number of cyclic esters (lactones) is 1. The summed E-state index contributed by atoms with van der Waals surface area (Å²) in [5.74, 6) is 0.205. The lowest BCUT2D eigenvalue weighted by Gasteiger charge is -2.38. The van der Waals surface area contributed by atoms with Crippen LogP contribution in [0.2, 0.25) is 0 Å². The van der Waals surface area contributed by atoms with E-state index >= 15 is 0 Å². The van der Waals surface area contributed by atoms with E-state index in [-0.39, 0.29) is 29.6 Å². The van der Waals surface area contributed by atoms with Crippen LogP contribution in [-0.4, -0.2) is 17.8 Å². The number of nitrogens with one attached hydrogen (secondary N) is 1. The number of hydrogen-bond acceptors (Lipinski definition) is 3. The molecule has 100 valence electrons. The first-order valence-electron chi connectivity index (χ1n) is 5.63. The van der Waals surface area contributed by atoms with Crippen LogP contribution >= 0.6 is 12.4 Å². The second-order valence-electron chi connectivity index (χ2n) is 5.20. The largest absolute Gasteiger partial charge is 0.508 e. The Morgan fingerprint density at radius 3 is 2.78 bits per heavy atom. The zero-order chi connectivity index (χ0) is 12.6. The van der Waals surface area contributed by atoms with Crippen molar-refractivity contribution < 1.29 is 14.6 Å². The molecule has 0 unspecified atom stereocenters. The first-order chi connectivity index (χ1) is 7.90. The van der Waals surface area contributed by atoms with Gasteiger partial charge in [0.25, 0.3) is 0 Å². The van der Waals surface area contributed by atoms with E-state index in [9.17, 15) is 9.90 Å². The number of alkyl carbamates (subject to hydrolysis) is 1. The second kappa shape index (κ2) is 5.06. The van der Waals surface area contributed by atoms with Gasteiger partial charge in [0, 0.05) is 11.0 Å². The van der Waals surface area contributed by atoms with Crippen molar-refractivity contribution in [2.24, 2.45) is 5.41 Å². The summed E-state index contributed by atoms with van der Waals surface area (Å²) in [5.41, 5.74) is 1.54. The van der Waals surface area contributed by atoms with Crippen LogP contribution in [-0.2, 0) is 4.74 Å². The molecular weight excluding hydrogens is 254 g/mol. The lowest BCUT2D eigenvalue weighted by Crippen LogP contribution is -2.46. The summed E-state index contributed by atoms with van der Waals surface area (Å²) in [6.07, 6.45) is -0.435. The number of benzene rings is 1. The number of halogens is 1. The molecule has 2 N–H and O–H groups in total. The molecule has 2 rings (SSSR count). The number of amides is 1.